The Labute approximate surface area is 436 Å². The maximum Gasteiger partial charge on any atom is 0.179 e. The van der Waals surface area contributed by atoms with Crippen molar-refractivity contribution in [2.24, 2.45) is 0 Å². The van der Waals surface area contributed by atoms with E-state index in [0.717, 1.165) is 40.9 Å². The Morgan fingerprint density at radius 3 is 1.37 bits per heavy atom. The van der Waals surface area contributed by atoms with Crippen LogP contribution in [0, 0.1) is 0 Å². The van der Waals surface area contributed by atoms with E-state index in [1.54, 1.807) is 23.5 Å². The first kappa shape index (κ1) is 26.3. The Balaban J connectivity index is 1.05. The zero-order chi connectivity index (χ0) is 61.8. The topological polar surface area (TPSA) is 9.86 Å². The van der Waals surface area contributed by atoms with Gasteiger partial charge in [-0.3, -0.25) is 0 Å². The summed E-state index contributed by atoms with van der Waals surface area (Å²) in [7, 11) is -3.28. The normalized spacial score (nSPS) is 15.6. The van der Waals surface area contributed by atoms with Crippen LogP contribution in [-0.4, -0.2) is 17.2 Å². The fourth-order valence-corrected chi connectivity index (χ4v) is 16.1. The maximum atomic E-state index is 10.2. The summed E-state index contributed by atoms with van der Waals surface area (Å²) in [4.78, 5) is 0. The summed E-state index contributed by atoms with van der Waals surface area (Å²) >= 11 is 1.54. The Morgan fingerprint density at radius 1 is 0.314 bits per heavy atom. The molecular weight excluding hydrogens is 881 g/mol. The average Bonchev–Trinajstić information content (AvgIpc) is 1.57. The van der Waals surface area contributed by atoms with Crippen molar-refractivity contribution in [1.29, 1.82) is 0 Å². The molecule has 3 heterocycles. The molecule has 2 nitrogen and oxygen atoms in total. The molecule has 0 radical (unpaired) electrons. The molecule has 0 saturated carbocycles. The quantitative estimate of drug-likeness (QED) is 0.106. The SMILES string of the molecule is [2H]c1c([2H])c(-c2c([2H])c([2H])c3c(c2[2H])c2c([2H])c([2H])c([2H])c([2H])c2n3-c2cccc([Si](c3ccccc3)(c3ccccc3)c3ccccc3)c2)c([2H])c(-c2c([2H])c([2H])c3c(c2[2H])c2c([2H])c([2H])c([2H])c([2H])c2n3-c2ccc3sc4ccccc4c3c2)c1[2H]. The molecule has 0 atom stereocenters. The predicted molar refractivity (Wildman–Crippen MR) is 302 cm³/mol. The van der Waals surface area contributed by atoms with Crippen LogP contribution in [-0.2, 0) is 0 Å². The lowest BCUT2D eigenvalue weighted by Gasteiger charge is -2.34. The Kier molecular flexibility index (Phi) is 6.12. The van der Waals surface area contributed by atoms with Gasteiger partial charge in [0.25, 0.3) is 0 Å². The van der Waals surface area contributed by atoms with Gasteiger partial charge in [0.2, 0.25) is 0 Å². The van der Waals surface area contributed by atoms with Crippen molar-refractivity contribution in [2.75, 3.05) is 0 Å². The smallest absolute Gasteiger partial charge is 0.179 e. The molecule has 0 fully saturated rings. The Hall–Kier alpha value is -8.54. The van der Waals surface area contributed by atoms with E-state index in [1.807, 2.05) is 109 Å². The maximum absolute atomic E-state index is 10.2. The van der Waals surface area contributed by atoms with E-state index in [9.17, 15) is 19.2 Å². The minimum absolute atomic E-state index is 0.109. The van der Waals surface area contributed by atoms with Gasteiger partial charge in [0.05, 0.1) is 46.7 Å². The van der Waals surface area contributed by atoms with Gasteiger partial charge < -0.3 is 9.13 Å². The van der Waals surface area contributed by atoms with E-state index in [4.69, 9.17) is 5.48 Å². The fourth-order valence-electron chi connectivity index (χ4n) is 10.2. The first-order chi connectivity index (χ1) is 42.2. The van der Waals surface area contributed by atoms with E-state index >= 15 is 0 Å². The van der Waals surface area contributed by atoms with Crippen molar-refractivity contribution in [3.63, 3.8) is 0 Å². The second kappa shape index (κ2) is 16.3. The van der Waals surface area contributed by atoms with Crippen molar-refractivity contribution in [3.8, 4) is 33.6 Å². The zero-order valence-corrected chi connectivity index (χ0v) is 38.6. The van der Waals surface area contributed by atoms with E-state index < -0.39 is 139 Å². The highest BCUT2D eigenvalue weighted by Gasteiger charge is 2.41. The van der Waals surface area contributed by atoms with Crippen LogP contribution in [0.5, 0.6) is 0 Å². The molecule has 3 aromatic heterocycles. The lowest BCUT2D eigenvalue weighted by atomic mass is 9.97. The van der Waals surface area contributed by atoms with Crippen molar-refractivity contribution >= 4 is 104 Å². The molecule has 4 heteroatoms. The molecule has 0 bridgehead atoms. The number of para-hydroxylation sites is 2. The highest BCUT2D eigenvalue weighted by Crippen LogP contribution is 2.40. The van der Waals surface area contributed by atoms with Crippen molar-refractivity contribution in [1.82, 2.24) is 9.13 Å². The predicted octanol–water partition coefficient (Wildman–Crippen LogP) is 15.0. The van der Waals surface area contributed by atoms with E-state index in [-0.39, 0.29) is 43.6 Å². The molecule has 14 aromatic rings. The third-order valence-corrected chi connectivity index (χ3v) is 19.1. The average molecular weight is 943 g/mol. The first-order valence-corrected chi connectivity index (χ1v) is 25.4. The van der Waals surface area contributed by atoms with Crippen LogP contribution in [0.4, 0.5) is 0 Å². The number of hydrogen-bond acceptors (Lipinski definition) is 1. The Bertz CT molecular complexity index is 5280. The lowest BCUT2D eigenvalue weighted by molar-refractivity contribution is 1.18. The molecule has 11 aromatic carbocycles. The second-order valence-corrected chi connectivity index (χ2v) is 21.9. The van der Waals surface area contributed by atoms with Gasteiger partial charge in [0, 0.05) is 53.1 Å². The zero-order valence-electron chi connectivity index (χ0n) is 54.8. The first-order valence-electron chi connectivity index (χ1n) is 31.6. The lowest BCUT2D eigenvalue weighted by Crippen LogP contribution is -2.74. The molecule has 0 aliphatic rings. The van der Waals surface area contributed by atoms with Gasteiger partial charge in [-0.15, -0.1) is 11.3 Å². The van der Waals surface area contributed by atoms with Gasteiger partial charge in [-0.25, -0.2) is 0 Å². The van der Waals surface area contributed by atoms with Gasteiger partial charge in [0.15, 0.2) is 8.07 Å². The fraction of sp³-hybridized carbons (Fsp3) is 0. The summed E-state index contributed by atoms with van der Waals surface area (Å²) in [6, 6.07) is 38.6. The molecule has 0 aliphatic carbocycles. The molecule has 0 amide bonds. The molecule has 328 valence electrons. The van der Waals surface area contributed by atoms with Crippen LogP contribution in [0.15, 0.2) is 266 Å². The largest absolute Gasteiger partial charge is 0.309 e. The van der Waals surface area contributed by atoms with E-state index in [2.05, 4.69) is 36.4 Å². The minimum Gasteiger partial charge on any atom is -0.309 e. The minimum atomic E-state index is -3.28. The summed E-state index contributed by atoms with van der Waals surface area (Å²) in [5.41, 5.74) is -2.30. The summed E-state index contributed by atoms with van der Waals surface area (Å²) in [6.45, 7) is 0. The molecule has 0 aliphatic heterocycles. The van der Waals surface area contributed by atoms with Gasteiger partial charge in [-0.2, -0.15) is 0 Å². The van der Waals surface area contributed by atoms with Crippen molar-refractivity contribution in [3.05, 3.63) is 266 Å². The molecule has 0 N–H and O–H groups in total. The molecule has 0 spiro atoms. The highest BCUT2D eigenvalue weighted by molar-refractivity contribution is 7.25. The van der Waals surface area contributed by atoms with Gasteiger partial charge in [0.1, 0.15) is 0 Å². The van der Waals surface area contributed by atoms with Gasteiger partial charge >= 0.3 is 0 Å². The van der Waals surface area contributed by atoms with Crippen LogP contribution < -0.4 is 20.7 Å². The third-order valence-electron chi connectivity index (χ3n) is 13.2. The second-order valence-electron chi connectivity index (χ2n) is 17.0. The number of rotatable bonds is 8. The summed E-state index contributed by atoms with van der Waals surface area (Å²) < 4.78 is 176. The van der Waals surface area contributed by atoms with Crippen LogP contribution in [0.2, 0.25) is 0 Å². The van der Waals surface area contributed by atoms with Crippen LogP contribution in [0.3, 0.4) is 0 Å². The number of fused-ring (bicyclic) bond motifs is 9. The number of benzene rings is 11. The molecule has 0 saturated heterocycles. The van der Waals surface area contributed by atoms with E-state index in [1.165, 1.54) is 9.13 Å². The molecule has 70 heavy (non-hydrogen) atoms. The van der Waals surface area contributed by atoms with Crippen molar-refractivity contribution in [2.45, 2.75) is 0 Å². The Morgan fingerprint density at radius 2 is 0.786 bits per heavy atom. The number of aromatic nitrogens is 2. The summed E-state index contributed by atoms with van der Waals surface area (Å²) in [6.07, 6.45) is 0. The standard InChI is InChI=1S/C66H44N2SSi/c1-4-21-51(22-5-1)70(52-23-6-2-7-24-52,53-25-8-3-9-26-53)54-27-17-20-49(43-54)67-61-31-13-10-28-55(61)58-41-47(34-37-63(58)67)45-18-16-19-46(40-45)48-35-38-64-59(42-48)56-29-11-14-32-62(56)68(64)50-36-39-66-60(44-50)57-30-12-15-33-65(57)69-66/h1-44H/i10D,11D,13D,14D,16D,18D,19D,28D,29D,31D,32D,34D,35D,37D,38D,40D,41D,42D. The summed E-state index contributed by atoms with van der Waals surface area (Å²) in [5.74, 6) is 0. The molecule has 0 unspecified atom stereocenters. The highest BCUT2D eigenvalue weighted by atomic mass is 32.1. The van der Waals surface area contributed by atoms with Crippen molar-refractivity contribution < 1.29 is 24.7 Å². The van der Waals surface area contributed by atoms with E-state index in [0.29, 0.717) is 11.4 Å². The number of nitrogens with zero attached hydrogens (tertiary/aromatic N) is 2. The summed E-state index contributed by atoms with van der Waals surface area (Å²) in [5, 5.41) is 4.79. The van der Waals surface area contributed by atoms with Gasteiger partial charge in [-0.05, 0) is 122 Å². The number of hydrogen-bond donors (Lipinski definition) is 0. The van der Waals surface area contributed by atoms with Crippen LogP contribution >= 0.6 is 11.3 Å². The van der Waals surface area contributed by atoms with Crippen LogP contribution in [0.25, 0.3) is 97.4 Å². The monoisotopic (exact) mass is 942 g/mol. The molecule has 14 rings (SSSR count). The molecular formula is C66H44N2SSi. The number of thiophene rings is 1. The van der Waals surface area contributed by atoms with Crippen LogP contribution in [0.1, 0.15) is 24.7 Å². The van der Waals surface area contributed by atoms with Gasteiger partial charge in [-0.1, -0.05) is 188 Å². The third kappa shape index (κ3) is 6.31.